The minimum absolute atomic E-state index is 0.132. The molecule has 1 fully saturated rings. The number of nitro benzene ring substituents is 1. The second-order valence-corrected chi connectivity index (χ2v) is 5.78. The van der Waals surface area contributed by atoms with E-state index in [1.807, 2.05) is 0 Å². The lowest BCUT2D eigenvalue weighted by molar-refractivity contribution is -0.385. The predicted octanol–water partition coefficient (Wildman–Crippen LogP) is 2.75. The summed E-state index contributed by atoms with van der Waals surface area (Å²) in [5.74, 6) is 0.740. The summed E-state index contributed by atoms with van der Waals surface area (Å²) in [6.45, 7) is 5.63. The Labute approximate surface area is 124 Å². The van der Waals surface area contributed by atoms with Gasteiger partial charge in [-0.25, -0.2) is 0 Å². The Bertz CT molecular complexity index is 557. The van der Waals surface area contributed by atoms with Crippen LogP contribution in [0.4, 0.5) is 11.4 Å². The molecule has 6 heteroatoms. The Kier molecular flexibility index (Phi) is 4.45. The summed E-state index contributed by atoms with van der Waals surface area (Å²) >= 11 is 0. The van der Waals surface area contributed by atoms with Gasteiger partial charge in [0.2, 0.25) is 0 Å². The average molecular weight is 291 g/mol. The van der Waals surface area contributed by atoms with E-state index < -0.39 is 4.92 Å². The zero-order valence-corrected chi connectivity index (χ0v) is 12.6. The Hall–Kier alpha value is -2.11. The van der Waals surface area contributed by atoms with Crippen molar-refractivity contribution in [3.63, 3.8) is 0 Å². The van der Waals surface area contributed by atoms with E-state index in [-0.39, 0.29) is 17.2 Å². The molecule has 1 aliphatic rings. The fourth-order valence-electron chi connectivity index (χ4n) is 2.71. The molecule has 1 unspecified atom stereocenters. The van der Waals surface area contributed by atoms with E-state index >= 15 is 0 Å². The van der Waals surface area contributed by atoms with Crippen molar-refractivity contribution in [1.82, 2.24) is 4.90 Å². The number of nitrogens with one attached hydrogen (secondary N) is 1. The van der Waals surface area contributed by atoms with E-state index in [1.165, 1.54) is 6.07 Å². The standard InChI is InChI=1S/C15H21N3O3/c1-10(2)11-6-7-17(9-11)15(19)13-8-12(16-3)4-5-14(13)18(20)21/h4-5,8,10-11,16H,6-7,9H2,1-3H3. The van der Waals surface area contributed by atoms with Gasteiger partial charge in [-0.15, -0.1) is 0 Å². The van der Waals surface area contributed by atoms with Crippen molar-refractivity contribution in [3.05, 3.63) is 33.9 Å². The van der Waals surface area contributed by atoms with Crippen LogP contribution in [-0.4, -0.2) is 35.9 Å². The average Bonchev–Trinajstić information content (AvgIpc) is 2.95. The summed E-state index contributed by atoms with van der Waals surface area (Å²) in [7, 11) is 1.72. The molecule has 0 aliphatic carbocycles. The molecule has 0 spiro atoms. The molecule has 6 nitrogen and oxygen atoms in total. The number of benzene rings is 1. The number of likely N-dealkylation sites (tertiary alicyclic amines) is 1. The Balaban J connectivity index is 2.28. The highest BCUT2D eigenvalue weighted by molar-refractivity contribution is 5.99. The molecular formula is C15H21N3O3. The van der Waals surface area contributed by atoms with Crippen LogP contribution in [0.15, 0.2) is 18.2 Å². The summed E-state index contributed by atoms with van der Waals surface area (Å²) < 4.78 is 0. The fourth-order valence-corrected chi connectivity index (χ4v) is 2.71. The molecule has 21 heavy (non-hydrogen) atoms. The number of nitrogens with zero attached hydrogens (tertiary/aromatic N) is 2. The summed E-state index contributed by atoms with van der Waals surface area (Å²) in [5, 5.41) is 14.0. The van der Waals surface area contributed by atoms with Crippen LogP contribution in [0, 0.1) is 22.0 Å². The summed E-state index contributed by atoms with van der Waals surface area (Å²) in [4.78, 5) is 25.0. The number of amides is 1. The summed E-state index contributed by atoms with van der Waals surface area (Å²) in [6.07, 6.45) is 0.961. The van der Waals surface area contributed by atoms with Crippen LogP contribution in [0.25, 0.3) is 0 Å². The van der Waals surface area contributed by atoms with Gasteiger partial charge in [-0.05, 0) is 30.4 Å². The molecule has 1 N–H and O–H groups in total. The fraction of sp³-hybridized carbons (Fsp3) is 0.533. The summed E-state index contributed by atoms with van der Waals surface area (Å²) in [5.41, 5.74) is 0.729. The Morgan fingerprint density at radius 3 is 2.71 bits per heavy atom. The number of hydrogen-bond donors (Lipinski definition) is 1. The smallest absolute Gasteiger partial charge is 0.282 e. The first-order valence-electron chi connectivity index (χ1n) is 7.19. The SMILES string of the molecule is CNc1ccc([N+](=O)[O-])c(C(=O)N2CCC(C(C)C)C2)c1. The lowest BCUT2D eigenvalue weighted by Gasteiger charge is -2.18. The first-order chi connectivity index (χ1) is 9.93. The van der Waals surface area contributed by atoms with Crippen LogP contribution < -0.4 is 5.32 Å². The monoisotopic (exact) mass is 291 g/mol. The number of carbonyl (C=O) groups is 1. The molecule has 1 aliphatic heterocycles. The van der Waals surface area contributed by atoms with E-state index in [0.717, 1.165) is 6.42 Å². The largest absolute Gasteiger partial charge is 0.388 e. The molecule has 0 aromatic heterocycles. The van der Waals surface area contributed by atoms with E-state index in [2.05, 4.69) is 19.2 Å². The lowest BCUT2D eigenvalue weighted by atomic mass is 9.95. The second kappa shape index (κ2) is 6.11. The van der Waals surface area contributed by atoms with Gasteiger partial charge in [-0.2, -0.15) is 0 Å². The molecule has 1 saturated heterocycles. The number of hydrogen-bond acceptors (Lipinski definition) is 4. The van der Waals surface area contributed by atoms with Crippen molar-refractivity contribution in [3.8, 4) is 0 Å². The van der Waals surface area contributed by atoms with Gasteiger partial charge in [-0.3, -0.25) is 14.9 Å². The first kappa shape index (κ1) is 15.3. The van der Waals surface area contributed by atoms with Crippen molar-refractivity contribution < 1.29 is 9.72 Å². The lowest BCUT2D eigenvalue weighted by Crippen LogP contribution is -2.30. The van der Waals surface area contributed by atoms with Crippen LogP contribution in [-0.2, 0) is 0 Å². The van der Waals surface area contributed by atoms with Gasteiger partial charge in [0, 0.05) is 31.9 Å². The van der Waals surface area contributed by atoms with Gasteiger partial charge in [0.25, 0.3) is 11.6 Å². The Morgan fingerprint density at radius 1 is 1.48 bits per heavy atom. The maximum Gasteiger partial charge on any atom is 0.282 e. The van der Waals surface area contributed by atoms with E-state index in [4.69, 9.17) is 0 Å². The molecule has 1 aromatic carbocycles. The topological polar surface area (TPSA) is 75.5 Å². The highest BCUT2D eigenvalue weighted by atomic mass is 16.6. The number of anilines is 1. The first-order valence-corrected chi connectivity index (χ1v) is 7.19. The van der Waals surface area contributed by atoms with Gasteiger partial charge in [0.05, 0.1) is 4.92 Å². The number of nitro groups is 1. The normalized spacial score (nSPS) is 18.1. The van der Waals surface area contributed by atoms with Crippen molar-refractivity contribution in [2.45, 2.75) is 20.3 Å². The molecular weight excluding hydrogens is 270 g/mol. The highest BCUT2D eigenvalue weighted by Gasteiger charge is 2.31. The Morgan fingerprint density at radius 2 is 2.19 bits per heavy atom. The molecule has 0 radical (unpaired) electrons. The maximum atomic E-state index is 12.6. The molecule has 1 heterocycles. The second-order valence-electron chi connectivity index (χ2n) is 5.78. The van der Waals surface area contributed by atoms with E-state index in [9.17, 15) is 14.9 Å². The number of rotatable bonds is 4. The van der Waals surface area contributed by atoms with Gasteiger partial charge in [0.1, 0.15) is 5.56 Å². The minimum Gasteiger partial charge on any atom is -0.388 e. The van der Waals surface area contributed by atoms with Gasteiger partial charge in [0.15, 0.2) is 0 Å². The third-order valence-corrected chi connectivity index (χ3v) is 4.17. The highest BCUT2D eigenvalue weighted by Crippen LogP contribution is 2.28. The van der Waals surface area contributed by atoms with Crippen LogP contribution in [0.3, 0.4) is 0 Å². The maximum absolute atomic E-state index is 12.6. The molecule has 1 amide bonds. The van der Waals surface area contributed by atoms with Crippen molar-refractivity contribution in [2.24, 2.45) is 11.8 Å². The minimum atomic E-state index is -0.497. The van der Waals surface area contributed by atoms with E-state index in [0.29, 0.717) is 30.6 Å². The zero-order chi connectivity index (χ0) is 15.6. The molecule has 0 saturated carbocycles. The van der Waals surface area contributed by atoms with Gasteiger partial charge >= 0.3 is 0 Å². The van der Waals surface area contributed by atoms with Crippen LogP contribution in [0.1, 0.15) is 30.6 Å². The van der Waals surface area contributed by atoms with Crippen LogP contribution >= 0.6 is 0 Å². The third kappa shape index (κ3) is 3.15. The zero-order valence-electron chi connectivity index (χ0n) is 12.6. The van der Waals surface area contributed by atoms with Crippen molar-refractivity contribution >= 4 is 17.3 Å². The number of carbonyl (C=O) groups excluding carboxylic acids is 1. The molecule has 114 valence electrons. The van der Waals surface area contributed by atoms with Crippen LogP contribution in [0.2, 0.25) is 0 Å². The molecule has 2 rings (SSSR count). The van der Waals surface area contributed by atoms with Gasteiger partial charge in [-0.1, -0.05) is 13.8 Å². The third-order valence-electron chi connectivity index (χ3n) is 4.17. The van der Waals surface area contributed by atoms with E-state index in [1.54, 1.807) is 24.1 Å². The summed E-state index contributed by atoms with van der Waals surface area (Å²) in [6, 6.07) is 4.55. The molecule has 1 atom stereocenters. The quantitative estimate of drug-likeness (QED) is 0.683. The van der Waals surface area contributed by atoms with Crippen molar-refractivity contribution in [2.75, 3.05) is 25.5 Å². The van der Waals surface area contributed by atoms with Gasteiger partial charge < -0.3 is 10.2 Å². The van der Waals surface area contributed by atoms with Crippen molar-refractivity contribution in [1.29, 1.82) is 0 Å². The molecule has 1 aromatic rings. The van der Waals surface area contributed by atoms with Crippen LogP contribution in [0.5, 0.6) is 0 Å². The predicted molar refractivity (Wildman–Crippen MR) is 81.5 cm³/mol. The molecule has 0 bridgehead atoms.